The molecule has 1 radical (unpaired) electrons. The third kappa shape index (κ3) is 3.28. The average molecular weight is 413 g/mol. The molecule has 0 unspecified atom stereocenters. The van der Waals surface area contributed by atoms with E-state index in [9.17, 15) is 14.4 Å². The van der Waals surface area contributed by atoms with Gasteiger partial charge in [0.2, 0.25) is 5.54 Å². The van der Waals surface area contributed by atoms with Crippen molar-refractivity contribution < 1.29 is 19.1 Å². The Morgan fingerprint density at radius 2 is 1.80 bits per heavy atom. The predicted octanol–water partition coefficient (Wildman–Crippen LogP) is 1.29. The molecule has 0 spiro atoms. The van der Waals surface area contributed by atoms with Crippen molar-refractivity contribution in [1.29, 1.82) is 0 Å². The van der Waals surface area contributed by atoms with Gasteiger partial charge >= 0.3 is 6.03 Å². The molecule has 30 heavy (non-hydrogen) atoms. The number of morpholine rings is 1. The van der Waals surface area contributed by atoms with Gasteiger partial charge in [-0.1, -0.05) is 26.0 Å². The first-order chi connectivity index (χ1) is 14.3. The van der Waals surface area contributed by atoms with Gasteiger partial charge in [0.1, 0.15) is 0 Å². The fourth-order valence-electron chi connectivity index (χ4n) is 4.55. The first-order valence-corrected chi connectivity index (χ1v) is 10.5. The van der Waals surface area contributed by atoms with Gasteiger partial charge in [-0.3, -0.25) is 14.5 Å². The highest BCUT2D eigenvalue weighted by Crippen LogP contribution is 2.39. The van der Waals surface area contributed by atoms with Crippen molar-refractivity contribution >= 4 is 23.5 Å². The van der Waals surface area contributed by atoms with Gasteiger partial charge in [0, 0.05) is 26.1 Å². The molecule has 0 bridgehead atoms. The largest absolute Gasteiger partial charge is 0.379 e. The molecule has 0 aromatic heterocycles. The monoisotopic (exact) mass is 413 g/mol. The van der Waals surface area contributed by atoms with Gasteiger partial charge in [0.05, 0.1) is 18.9 Å². The fraction of sp³-hybridized carbons (Fsp3) is 0.545. The molecule has 3 saturated heterocycles. The summed E-state index contributed by atoms with van der Waals surface area (Å²) in [6.45, 7) is 9.20. The van der Waals surface area contributed by atoms with E-state index in [1.165, 1.54) is 4.90 Å². The van der Waals surface area contributed by atoms with Crippen LogP contribution in [0.3, 0.4) is 0 Å². The third-order valence-corrected chi connectivity index (χ3v) is 6.61. The summed E-state index contributed by atoms with van der Waals surface area (Å²) >= 11 is 0. The number of imide groups is 1. The quantitative estimate of drug-likeness (QED) is 0.560. The second-order valence-electron chi connectivity index (χ2n) is 8.83. The Labute approximate surface area is 176 Å². The van der Waals surface area contributed by atoms with E-state index in [0.717, 1.165) is 49.7 Å². The molecule has 8 heteroatoms. The molecular weight excluding hydrogens is 384 g/mol. The highest BCUT2D eigenvalue weighted by molar-refractivity contribution is 6.32. The van der Waals surface area contributed by atoms with Gasteiger partial charge in [0.15, 0.2) is 0 Å². The molecule has 3 heterocycles. The first kappa shape index (κ1) is 20.8. The van der Waals surface area contributed by atoms with Crippen molar-refractivity contribution in [2.45, 2.75) is 37.6 Å². The van der Waals surface area contributed by atoms with Gasteiger partial charge in [-0.05, 0) is 42.5 Å². The number of carbonyl (C=O) groups excluding carboxylic acids is 3. The third-order valence-electron chi connectivity index (χ3n) is 6.61. The summed E-state index contributed by atoms with van der Waals surface area (Å²) in [6, 6.07) is 6.97. The molecule has 3 aliphatic heterocycles. The van der Waals surface area contributed by atoms with E-state index in [4.69, 9.17) is 10.5 Å². The fourth-order valence-corrected chi connectivity index (χ4v) is 4.55. The second-order valence-corrected chi connectivity index (χ2v) is 8.83. The standard InChI is InChI=1S/C22H29N4O4/c1-21(2,9-11-24-12-14-30-15-13-24)16-4-6-17(7-5-16)26-19(28)22(18(23)27)8-3-10-25(22)20(26)29/h4-8H,3,9-15H2,1-2H3,(H2,23,27)/t22-/m0/s1. The molecule has 4 rings (SSSR count). The molecule has 2 N–H and O–H groups in total. The maximum atomic E-state index is 13.0. The normalized spacial score (nSPS) is 25.1. The number of carbonyl (C=O) groups is 3. The van der Waals surface area contributed by atoms with E-state index in [2.05, 4.69) is 18.7 Å². The summed E-state index contributed by atoms with van der Waals surface area (Å²) in [7, 11) is 0. The van der Waals surface area contributed by atoms with Crippen LogP contribution in [0.25, 0.3) is 0 Å². The number of anilines is 1. The lowest BCUT2D eigenvalue weighted by molar-refractivity contribution is -0.134. The maximum absolute atomic E-state index is 13.0. The second kappa shape index (κ2) is 7.67. The van der Waals surface area contributed by atoms with Gasteiger partial charge in [-0.25, -0.2) is 9.69 Å². The van der Waals surface area contributed by atoms with Gasteiger partial charge in [0.25, 0.3) is 11.8 Å². The van der Waals surface area contributed by atoms with Crippen molar-refractivity contribution in [2.24, 2.45) is 5.73 Å². The molecule has 4 amide bonds. The Morgan fingerprint density at radius 1 is 1.13 bits per heavy atom. The lowest BCUT2D eigenvalue weighted by atomic mass is 9.81. The van der Waals surface area contributed by atoms with Crippen LogP contribution in [0.1, 0.15) is 32.3 Å². The summed E-state index contributed by atoms with van der Waals surface area (Å²) in [5.41, 5.74) is 5.41. The summed E-state index contributed by atoms with van der Waals surface area (Å²) in [5.74, 6) is -1.39. The molecule has 0 saturated carbocycles. The van der Waals surface area contributed by atoms with E-state index in [-0.39, 0.29) is 5.41 Å². The number of ether oxygens (including phenoxy) is 1. The molecule has 1 aromatic carbocycles. The molecule has 161 valence electrons. The summed E-state index contributed by atoms with van der Waals surface area (Å²) < 4.78 is 5.41. The van der Waals surface area contributed by atoms with Crippen molar-refractivity contribution in [3.05, 3.63) is 36.2 Å². The van der Waals surface area contributed by atoms with Crippen molar-refractivity contribution in [3.63, 3.8) is 0 Å². The SMILES string of the molecule is CC(C)(CCN1CCOCC1)c1ccc(N2C(=O)N3CC[CH][C@]3(C(N)=O)C2=O)cc1. The number of urea groups is 1. The number of fused-ring (bicyclic) bond motifs is 1. The molecule has 3 aliphatic rings. The first-order valence-electron chi connectivity index (χ1n) is 10.5. The van der Waals surface area contributed by atoms with Crippen LogP contribution in [0.5, 0.6) is 0 Å². The average Bonchev–Trinajstić information content (AvgIpc) is 3.27. The number of benzene rings is 1. The minimum absolute atomic E-state index is 0.0574. The topological polar surface area (TPSA) is 96.2 Å². The van der Waals surface area contributed by atoms with Gasteiger partial charge in [-0.2, -0.15) is 0 Å². The van der Waals surface area contributed by atoms with E-state index in [1.54, 1.807) is 18.6 Å². The number of primary amides is 1. The molecule has 8 nitrogen and oxygen atoms in total. The van der Waals surface area contributed by atoms with Crippen LogP contribution in [0.15, 0.2) is 24.3 Å². The smallest absolute Gasteiger partial charge is 0.332 e. The summed E-state index contributed by atoms with van der Waals surface area (Å²) in [5, 5.41) is 0. The summed E-state index contributed by atoms with van der Waals surface area (Å²) in [4.78, 5) is 42.7. The van der Waals surface area contributed by atoms with Crippen LogP contribution in [0, 0.1) is 6.42 Å². The molecular formula is C22H29N4O4. The molecule has 3 fully saturated rings. The lowest BCUT2D eigenvalue weighted by Gasteiger charge is -2.32. The number of nitrogens with zero attached hydrogens (tertiary/aromatic N) is 3. The van der Waals surface area contributed by atoms with Crippen LogP contribution in [0.4, 0.5) is 10.5 Å². The maximum Gasteiger partial charge on any atom is 0.332 e. The zero-order chi connectivity index (χ0) is 21.5. The van der Waals surface area contributed by atoms with Crippen molar-refractivity contribution in [3.8, 4) is 0 Å². The van der Waals surface area contributed by atoms with E-state index < -0.39 is 23.4 Å². The molecule has 1 atom stereocenters. The minimum atomic E-state index is -1.65. The molecule has 0 aliphatic carbocycles. The Bertz CT molecular complexity index is 847. The van der Waals surface area contributed by atoms with Gasteiger partial charge in [-0.15, -0.1) is 0 Å². The van der Waals surface area contributed by atoms with Crippen LogP contribution in [0.2, 0.25) is 0 Å². The highest BCUT2D eigenvalue weighted by atomic mass is 16.5. The van der Waals surface area contributed by atoms with E-state index >= 15 is 0 Å². The Balaban J connectivity index is 1.50. The molecule has 1 aromatic rings. The Morgan fingerprint density at radius 3 is 2.40 bits per heavy atom. The van der Waals surface area contributed by atoms with Crippen LogP contribution in [-0.4, -0.2) is 72.6 Å². The van der Waals surface area contributed by atoms with E-state index in [1.807, 2.05) is 12.1 Å². The zero-order valence-electron chi connectivity index (χ0n) is 17.6. The zero-order valence-corrected chi connectivity index (χ0v) is 17.6. The van der Waals surface area contributed by atoms with Gasteiger partial charge < -0.3 is 15.4 Å². The van der Waals surface area contributed by atoms with Crippen LogP contribution >= 0.6 is 0 Å². The Kier molecular flexibility index (Phi) is 5.32. The number of rotatable bonds is 6. The van der Waals surface area contributed by atoms with Crippen LogP contribution < -0.4 is 10.6 Å². The van der Waals surface area contributed by atoms with Crippen molar-refractivity contribution in [2.75, 3.05) is 44.3 Å². The number of hydrogen-bond donors (Lipinski definition) is 1. The summed E-state index contributed by atoms with van der Waals surface area (Å²) in [6.07, 6.45) is 3.02. The van der Waals surface area contributed by atoms with Crippen molar-refractivity contribution in [1.82, 2.24) is 9.80 Å². The lowest BCUT2D eigenvalue weighted by Crippen LogP contribution is -2.55. The van der Waals surface area contributed by atoms with E-state index in [0.29, 0.717) is 18.7 Å². The number of nitrogens with two attached hydrogens (primary N) is 1. The highest BCUT2D eigenvalue weighted by Gasteiger charge is 2.64. The van der Waals surface area contributed by atoms with Crippen LogP contribution in [-0.2, 0) is 19.7 Å². The predicted molar refractivity (Wildman–Crippen MR) is 112 cm³/mol. The Hall–Kier alpha value is -2.45. The minimum Gasteiger partial charge on any atom is -0.379 e. The number of hydrogen-bond acceptors (Lipinski definition) is 5. The number of amides is 4.